The number of nitrogens with zero attached hydrogens (tertiary/aromatic N) is 1. The summed E-state index contributed by atoms with van der Waals surface area (Å²) in [6, 6.07) is 5.69. The molecule has 1 aromatic carbocycles. The molecule has 0 aliphatic rings. The lowest BCUT2D eigenvalue weighted by molar-refractivity contribution is -0.119. The number of carbonyl (C=O) groups excluding carboxylic acids is 1. The number of nitrogens with one attached hydrogen (secondary N) is 2. The van der Waals surface area contributed by atoms with Gasteiger partial charge in [0.2, 0.25) is 5.91 Å². The smallest absolute Gasteiger partial charge is 0.239 e. The van der Waals surface area contributed by atoms with Crippen molar-refractivity contribution in [1.82, 2.24) is 10.6 Å². The van der Waals surface area contributed by atoms with Gasteiger partial charge < -0.3 is 15.5 Å². The van der Waals surface area contributed by atoms with Gasteiger partial charge >= 0.3 is 0 Å². The van der Waals surface area contributed by atoms with Gasteiger partial charge in [-0.05, 0) is 24.7 Å². The number of halogens is 1. The zero-order valence-corrected chi connectivity index (χ0v) is 11.1. The fourth-order valence-corrected chi connectivity index (χ4v) is 1.78. The first-order chi connectivity index (χ1) is 8.08. The quantitative estimate of drug-likeness (QED) is 0.832. The van der Waals surface area contributed by atoms with Crippen molar-refractivity contribution in [3.63, 3.8) is 0 Å². The Morgan fingerprint density at radius 3 is 2.71 bits per heavy atom. The van der Waals surface area contributed by atoms with Crippen molar-refractivity contribution >= 4 is 23.2 Å². The lowest BCUT2D eigenvalue weighted by Gasteiger charge is -2.22. The molecule has 0 saturated heterocycles. The maximum atomic E-state index is 11.3. The van der Waals surface area contributed by atoms with Crippen LogP contribution in [0.4, 0.5) is 5.69 Å². The van der Waals surface area contributed by atoms with Gasteiger partial charge in [0, 0.05) is 31.4 Å². The van der Waals surface area contributed by atoms with Crippen LogP contribution < -0.4 is 15.5 Å². The van der Waals surface area contributed by atoms with Crippen molar-refractivity contribution in [3.8, 4) is 0 Å². The predicted octanol–water partition coefficient (Wildman–Crippen LogP) is 1.24. The highest BCUT2D eigenvalue weighted by molar-refractivity contribution is 6.30. The van der Waals surface area contributed by atoms with Crippen LogP contribution in [0.25, 0.3) is 0 Å². The molecule has 0 aliphatic carbocycles. The molecule has 0 saturated carbocycles. The molecule has 1 rings (SSSR count). The maximum absolute atomic E-state index is 11.3. The zero-order chi connectivity index (χ0) is 12.8. The highest BCUT2D eigenvalue weighted by Crippen LogP contribution is 2.23. The minimum atomic E-state index is -0.0251. The van der Waals surface area contributed by atoms with Crippen molar-refractivity contribution < 1.29 is 4.79 Å². The molecule has 0 aromatic heterocycles. The fraction of sp³-hybridized carbons (Fsp3) is 0.417. The molecule has 0 fully saturated rings. The first-order valence-corrected chi connectivity index (χ1v) is 5.81. The molecule has 0 radical (unpaired) electrons. The summed E-state index contributed by atoms with van der Waals surface area (Å²) in [6.07, 6.45) is 0. The summed E-state index contributed by atoms with van der Waals surface area (Å²) in [5.41, 5.74) is 2.08. The summed E-state index contributed by atoms with van der Waals surface area (Å²) in [5, 5.41) is 6.37. The molecule has 1 aromatic rings. The SMILES string of the molecule is CNCc1ccc(Cl)cc1N(C)CC(=O)NC. The van der Waals surface area contributed by atoms with Gasteiger partial charge in [-0.15, -0.1) is 0 Å². The average Bonchev–Trinajstić information content (AvgIpc) is 2.31. The van der Waals surface area contributed by atoms with E-state index in [1.807, 2.05) is 37.2 Å². The Morgan fingerprint density at radius 1 is 1.41 bits per heavy atom. The second-order valence-corrected chi connectivity index (χ2v) is 4.27. The van der Waals surface area contributed by atoms with E-state index >= 15 is 0 Å². The Morgan fingerprint density at radius 2 is 2.12 bits per heavy atom. The Kier molecular flexibility index (Phi) is 5.25. The van der Waals surface area contributed by atoms with E-state index in [1.54, 1.807) is 7.05 Å². The molecule has 0 heterocycles. The highest BCUT2D eigenvalue weighted by Gasteiger charge is 2.10. The summed E-state index contributed by atoms with van der Waals surface area (Å²) < 4.78 is 0. The molecule has 1 amide bonds. The van der Waals surface area contributed by atoms with Gasteiger partial charge in [0.25, 0.3) is 0 Å². The van der Waals surface area contributed by atoms with Gasteiger partial charge in [0.1, 0.15) is 0 Å². The van der Waals surface area contributed by atoms with Gasteiger partial charge in [-0.25, -0.2) is 0 Å². The molecule has 17 heavy (non-hydrogen) atoms. The lowest BCUT2D eigenvalue weighted by atomic mass is 10.1. The van der Waals surface area contributed by atoms with E-state index in [1.165, 1.54) is 0 Å². The van der Waals surface area contributed by atoms with Crippen LogP contribution in [0.1, 0.15) is 5.56 Å². The number of anilines is 1. The summed E-state index contributed by atoms with van der Waals surface area (Å²) >= 11 is 5.98. The van der Waals surface area contributed by atoms with E-state index in [9.17, 15) is 4.79 Å². The van der Waals surface area contributed by atoms with Crippen molar-refractivity contribution in [2.24, 2.45) is 0 Å². The molecule has 0 bridgehead atoms. The molecular weight excluding hydrogens is 238 g/mol. The summed E-state index contributed by atoms with van der Waals surface area (Å²) in [6.45, 7) is 1.05. The van der Waals surface area contributed by atoms with Gasteiger partial charge in [-0.1, -0.05) is 17.7 Å². The molecule has 5 heteroatoms. The van der Waals surface area contributed by atoms with E-state index in [0.717, 1.165) is 17.8 Å². The van der Waals surface area contributed by atoms with Crippen LogP contribution in [0.5, 0.6) is 0 Å². The number of rotatable bonds is 5. The van der Waals surface area contributed by atoms with Crippen LogP contribution in [-0.2, 0) is 11.3 Å². The van der Waals surface area contributed by atoms with Crippen LogP contribution in [-0.4, -0.2) is 33.6 Å². The fourth-order valence-electron chi connectivity index (χ4n) is 1.61. The summed E-state index contributed by atoms with van der Waals surface area (Å²) in [7, 11) is 5.39. The molecule has 0 unspecified atom stereocenters. The van der Waals surface area contributed by atoms with Crippen LogP contribution in [0.15, 0.2) is 18.2 Å². The molecule has 2 N–H and O–H groups in total. The van der Waals surface area contributed by atoms with Crippen molar-refractivity contribution in [1.29, 1.82) is 0 Å². The van der Waals surface area contributed by atoms with E-state index < -0.39 is 0 Å². The maximum Gasteiger partial charge on any atom is 0.239 e. The normalized spacial score (nSPS) is 10.1. The largest absolute Gasteiger partial charge is 0.365 e. The minimum Gasteiger partial charge on any atom is -0.365 e. The third kappa shape index (κ3) is 3.91. The molecule has 0 spiro atoms. The number of likely N-dealkylation sites (N-methyl/N-ethyl adjacent to an activating group) is 2. The Labute approximate surface area is 107 Å². The van der Waals surface area contributed by atoms with E-state index in [0.29, 0.717) is 11.6 Å². The van der Waals surface area contributed by atoms with E-state index in [2.05, 4.69) is 10.6 Å². The minimum absolute atomic E-state index is 0.0251. The summed E-state index contributed by atoms with van der Waals surface area (Å²) in [4.78, 5) is 13.2. The van der Waals surface area contributed by atoms with Crippen molar-refractivity contribution in [2.75, 3.05) is 32.6 Å². The number of carbonyl (C=O) groups is 1. The number of amides is 1. The molecule has 4 nitrogen and oxygen atoms in total. The second kappa shape index (κ2) is 6.47. The van der Waals surface area contributed by atoms with Crippen LogP contribution >= 0.6 is 11.6 Å². The topological polar surface area (TPSA) is 44.4 Å². The molecule has 0 aliphatic heterocycles. The number of hydrogen-bond acceptors (Lipinski definition) is 3. The predicted molar refractivity (Wildman–Crippen MR) is 71.6 cm³/mol. The first kappa shape index (κ1) is 13.8. The third-order valence-electron chi connectivity index (χ3n) is 2.49. The first-order valence-electron chi connectivity index (χ1n) is 5.43. The average molecular weight is 256 g/mol. The van der Waals surface area contributed by atoms with E-state index in [-0.39, 0.29) is 5.91 Å². The highest BCUT2D eigenvalue weighted by atomic mass is 35.5. The van der Waals surface area contributed by atoms with Gasteiger partial charge in [0.15, 0.2) is 0 Å². The third-order valence-corrected chi connectivity index (χ3v) is 2.72. The second-order valence-electron chi connectivity index (χ2n) is 3.83. The Bertz CT molecular complexity index is 395. The van der Waals surface area contributed by atoms with Crippen LogP contribution in [0, 0.1) is 0 Å². The molecule has 94 valence electrons. The zero-order valence-electron chi connectivity index (χ0n) is 10.4. The molecule has 0 atom stereocenters. The standard InChI is InChI=1S/C12H18ClN3O/c1-14-7-9-4-5-10(13)6-11(9)16(3)8-12(17)15-2/h4-6,14H,7-8H2,1-3H3,(H,15,17). The monoisotopic (exact) mass is 255 g/mol. The summed E-state index contributed by atoms with van der Waals surface area (Å²) in [5.74, 6) is -0.0251. The number of hydrogen-bond donors (Lipinski definition) is 2. The van der Waals surface area contributed by atoms with Crippen molar-refractivity contribution in [2.45, 2.75) is 6.54 Å². The van der Waals surface area contributed by atoms with Gasteiger partial charge in [-0.2, -0.15) is 0 Å². The Balaban J connectivity index is 2.93. The van der Waals surface area contributed by atoms with E-state index in [4.69, 9.17) is 11.6 Å². The van der Waals surface area contributed by atoms with Gasteiger partial charge in [0.05, 0.1) is 6.54 Å². The van der Waals surface area contributed by atoms with Crippen molar-refractivity contribution in [3.05, 3.63) is 28.8 Å². The Hall–Kier alpha value is -1.26. The lowest BCUT2D eigenvalue weighted by Crippen LogP contribution is -2.33. The van der Waals surface area contributed by atoms with Crippen LogP contribution in [0.3, 0.4) is 0 Å². The van der Waals surface area contributed by atoms with Crippen LogP contribution in [0.2, 0.25) is 5.02 Å². The molecular formula is C12H18ClN3O. The van der Waals surface area contributed by atoms with Gasteiger partial charge in [-0.3, -0.25) is 4.79 Å². The number of benzene rings is 1.